The third-order valence-corrected chi connectivity index (χ3v) is 7.04. The summed E-state index contributed by atoms with van der Waals surface area (Å²) in [6.07, 6.45) is 2.99. The molecule has 0 spiro atoms. The molecule has 6 heteroatoms. The summed E-state index contributed by atoms with van der Waals surface area (Å²) in [7, 11) is 0. The Bertz CT molecular complexity index is 1010. The minimum atomic E-state index is -0.849. The average molecular weight is 406 g/mol. The lowest BCUT2D eigenvalue weighted by Crippen LogP contribution is -2.46. The molecule has 1 aliphatic heterocycles. The molecule has 2 aliphatic carbocycles. The van der Waals surface area contributed by atoms with Crippen LogP contribution < -0.4 is 5.32 Å². The maximum atomic E-state index is 13.4. The van der Waals surface area contributed by atoms with E-state index in [1.807, 2.05) is 6.07 Å². The number of halogens is 1. The van der Waals surface area contributed by atoms with Crippen molar-refractivity contribution in [2.24, 2.45) is 23.7 Å². The summed E-state index contributed by atoms with van der Waals surface area (Å²) >= 11 is 0. The summed E-state index contributed by atoms with van der Waals surface area (Å²) in [5.74, 6) is -0.907. The van der Waals surface area contributed by atoms with E-state index in [9.17, 15) is 18.8 Å². The number of fused-ring (bicyclic) bond motifs is 5. The maximum absolute atomic E-state index is 13.4. The lowest BCUT2D eigenvalue weighted by Gasteiger charge is -2.23. The molecule has 3 amide bonds. The minimum absolute atomic E-state index is 0.179. The van der Waals surface area contributed by atoms with Crippen molar-refractivity contribution in [3.63, 3.8) is 0 Å². The van der Waals surface area contributed by atoms with Crippen LogP contribution in [0.25, 0.3) is 11.1 Å². The monoisotopic (exact) mass is 406 g/mol. The highest BCUT2D eigenvalue weighted by molar-refractivity contribution is 6.10. The van der Waals surface area contributed by atoms with Crippen molar-refractivity contribution in [1.29, 1.82) is 0 Å². The lowest BCUT2D eigenvalue weighted by atomic mass is 9.81. The summed E-state index contributed by atoms with van der Waals surface area (Å²) in [5.41, 5.74) is 2.13. The first-order valence-corrected chi connectivity index (χ1v) is 10.5. The first-order chi connectivity index (χ1) is 14.4. The second-order valence-corrected chi connectivity index (χ2v) is 8.68. The fraction of sp³-hybridized carbons (Fsp3) is 0.375. The molecule has 3 aliphatic rings. The van der Waals surface area contributed by atoms with Gasteiger partial charge in [0.05, 0.1) is 11.8 Å². The number of carbonyl (C=O) groups is 3. The smallest absolute Gasteiger partial charge is 0.247 e. The second-order valence-electron chi connectivity index (χ2n) is 8.68. The van der Waals surface area contributed by atoms with Crippen molar-refractivity contribution in [2.75, 3.05) is 5.32 Å². The lowest BCUT2D eigenvalue weighted by molar-refractivity contribution is -0.146. The molecule has 0 radical (unpaired) electrons. The van der Waals surface area contributed by atoms with Gasteiger partial charge in [-0.05, 0) is 73.4 Å². The minimum Gasteiger partial charge on any atom is -0.324 e. The first-order valence-electron chi connectivity index (χ1n) is 10.5. The zero-order valence-electron chi connectivity index (χ0n) is 16.7. The molecule has 154 valence electrons. The molecule has 2 saturated carbocycles. The van der Waals surface area contributed by atoms with E-state index in [1.165, 1.54) is 17.0 Å². The fourth-order valence-electron chi connectivity index (χ4n) is 5.59. The van der Waals surface area contributed by atoms with Crippen LogP contribution in [0.15, 0.2) is 48.5 Å². The third-order valence-electron chi connectivity index (χ3n) is 7.04. The van der Waals surface area contributed by atoms with Crippen molar-refractivity contribution in [1.82, 2.24) is 4.90 Å². The van der Waals surface area contributed by atoms with Gasteiger partial charge in [0.15, 0.2) is 0 Å². The fourth-order valence-corrected chi connectivity index (χ4v) is 5.59. The van der Waals surface area contributed by atoms with Gasteiger partial charge in [-0.25, -0.2) is 4.39 Å². The van der Waals surface area contributed by atoms with Gasteiger partial charge in [-0.1, -0.05) is 24.3 Å². The Kier molecular flexibility index (Phi) is 4.45. The van der Waals surface area contributed by atoms with E-state index in [-0.39, 0.29) is 35.4 Å². The van der Waals surface area contributed by atoms with Gasteiger partial charge in [-0.3, -0.25) is 19.3 Å². The Labute approximate surface area is 174 Å². The summed E-state index contributed by atoms with van der Waals surface area (Å²) in [5, 5.41) is 2.79. The molecule has 3 fully saturated rings. The molecule has 0 aromatic heterocycles. The van der Waals surface area contributed by atoms with Gasteiger partial charge in [-0.15, -0.1) is 0 Å². The summed E-state index contributed by atoms with van der Waals surface area (Å²) in [4.78, 5) is 39.8. The van der Waals surface area contributed by atoms with Crippen molar-refractivity contribution >= 4 is 23.4 Å². The molecule has 5 unspecified atom stereocenters. The average Bonchev–Trinajstić information content (AvgIpc) is 3.42. The first kappa shape index (κ1) is 19.0. The van der Waals surface area contributed by atoms with E-state index in [2.05, 4.69) is 5.32 Å². The standard InChI is InChI=1S/C24H23FN2O3/c1-13(27-23(29)20-16-5-6-17(11-16)21(20)24(27)30)22(28)26-19-9-7-14(8-10-19)15-3-2-4-18(25)12-15/h2-4,7-10,12-13,16-17,20-21H,5-6,11H2,1H3,(H,26,28). The summed E-state index contributed by atoms with van der Waals surface area (Å²) < 4.78 is 13.4. The molecule has 2 aromatic carbocycles. The van der Waals surface area contributed by atoms with Crippen LogP contribution in [0.4, 0.5) is 10.1 Å². The van der Waals surface area contributed by atoms with Crippen LogP contribution in [0.1, 0.15) is 26.2 Å². The van der Waals surface area contributed by atoms with E-state index in [4.69, 9.17) is 0 Å². The Morgan fingerprint density at radius 3 is 2.23 bits per heavy atom. The van der Waals surface area contributed by atoms with Gasteiger partial charge in [0.25, 0.3) is 0 Å². The molecule has 5 nitrogen and oxygen atoms in total. The van der Waals surface area contributed by atoms with Crippen molar-refractivity contribution < 1.29 is 18.8 Å². The summed E-state index contributed by atoms with van der Waals surface area (Å²) in [6, 6.07) is 12.5. The SMILES string of the molecule is CC(C(=O)Nc1ccc(-c2cccc(F)c2)cc1)N1C(=O)C2C3CCC(C3)C2C1=O. The molecule has 2 aromatic rings. The number of hydrogen-bond acceptors (Lipinski definition) is 3. The van der Waals surface area contributed by atoms with Crippen LogP contribution in [0.5, 0.6) is 0 Å². The maximum Gasteiger partial charge on any atom is 0.247 e. The zero-order chi connectivity index (χ0) is 21.0. The molecule has 1 heterocycles. The number of imide groups is 1. The largest absolute Gasteiger partial charge is 0.324 e. The normalized spacial score (nSPS) is 28.0. The van der Waals surface area contributed by atoms with E-state index >= 15 is 0 Å². The van der Waals surface area contributed by atoms with Crippen LogP contribution in [0, 0.1) is 29.5 Å². The number of carbonyl (C=O) groups excluding carboxylic acids is 3. The Morgan fingerprint density at radius 1 is 1.00 bits per heavy atom. The number of anilines is 1. The van der Waals surface area contributed by atoms with Gasteiger partial charge < -0.3 is 5.32 Å². The molecule has 30 heavy (non-hydrogen) atoms. The van der Waals surface area contributed by atoms with Gasteiger partial charge in [0.1, 0.15) is 11.9 Å². The van der Waals surface area contributed by atoms with Crippen LogP contribution in [-0.2, 0) is 14.4 Å². The molecular weight excluding hydrogens is 383 g/mol. The highest BCUT2D eigenvalue weighted by Crippen LogP contribution is 2.56. The highest BCUT2D eigenvalue weighted by atomic mass is 19.1. The molecule has 2 bridgehead atoms. The zero-order valence-corrected chi connectivity index (χ0v) is 16.7. The van der Waals surface area contributed by atoms with Gasteiger partial charge >= 0.3 is 0 Å². The number of benzene rings is 2. The van der Waals surface area contributed by atoms with Gasteiger partial charge in [0.2, 0.25) is 17.7 Å². The topological polar surface area (TPSA) is 66.5 Å². The Morgan fingerprint density at radius 2 is 1.63 bits per heavy atom. The second kappa shape index (κ2) is 7.04. The van der Waals surface area contributed by atoms with Crippen molar-refractivity contribution in [3.8, 4) is 11.1 Å². The molecule has 1 saturated heterocycles. The quantitative estimate of drug-likeness (QED) is 0.785. The number of hydrogen-bond donors (Lipinski definition) is 1. The molecule has 1 N–H and O–H groups in total. The van der Waals surface area contributed by atoms with Crippen LogP contribution in [-0.4, -0.2) is 28.7 Å². The van der Waals surface area contributed by atoms with Gasteiger partial charge in [-0.2, -0.15) is 0 Å². The highest BCUT2D eigenvalue weighted by Gasteiger charge is 2.62. The van der Waals surface area contributed by atoms with E-state index in [0.717, 1.165) is 30.4 Å². The number of rotatable bonds is 4. The number of likely N-dealkylation sites (tertiary alicyclic amines) is 1. The van der Waals surface area contributed by atoms with Crippen molar-refractivity contribution in [3.05, 3.63) is 54.3 Å². The van der Waals surface area contributed by atoms with Crippen LogP contribution >= 0.6 is 0 Å². The van der Waals surface area contributed by atoms with Crippen LogP contribution in [0.3, 0.4) is 0 Å². The predicted octanol–water partition coefficient (Wildman–Crippen LogP) is 3.85. The molecule has 5 atom stereocenters. The predicted molar refractivity (Wildman–Crippen MR) is 110 cm³/mol. The molecular formula is C24H23FN2O3. The Hall–Kier alpha value is -3.02. The third kappa shape index (κ3) is 2.93. The van der Waals surface area contributed by atoms with E-state index in [0.29, 0.717) is 17.5 Å². The Balaban J connectivity index is 1.29. The van der Waals surface area contributed by atoms with Crippen molar-refractivity contribution in [2.45, 2.75) is 32.2 Å². The van der Waals surface area contributed by atoms with E-state index < -0.39 is 6.04 Å². The summed E-state index contributed by atoms with van der Waals surface area (Å²) in [6.45, 7) is 1.61. The molecule has 5 rings (SSSR count). The number of amides is 3. The van der Waals surface area contributed by atoms with Gasteiger partial charge in [0, 0.05) is 5.69 Å². The van der Waals surface area contributed by atoms with Crippen LogP contribution in [0.2, 0.25) is 0 Å². The number of nitrogens with zero attached hydrogens (tertiary/aromatic N) is 1. The van der Waals surface area contributed by atoms with E-state index in [1.54, 1.807) is 37.3 Å². The number of nitrogens with one attached hydrogen (secondary N) is 1.